The van der Waals surface area contributed by atoms with Crippen molar-refractivity contribution < 1.29 is 0 Å². The van der Waals surface area contributed by atoms with E-state index in [1.165, 1.54) is 19.3 Å². The maximum absolute atomic E-state index is 5.89. The van der Waals surface area contributed by atoms with Gasteiger partial charge >= 0.3 is 0 Å². The Morgan fingerprint density at radius 1 is 1.36 bits per heavy atom. The fourth-order valence-electron chi connectivity index (χ4n) is 2.27. The van der Waals surface area contributed by atoms with E-state index in [2.05, 4.69) is 12.2 Å². The lowest BCUT2D eigenvalue weighted by Gasteiger charge is -2.16. The van der Waals surface area contributed by atoms with Crippen LogP contribution in [-0.2, 0) is 0 Å². The molecule has 1 aliphatic carbocycles. The molecule has 0 aromatic carbocycles. The molecule has 0 aromatic rings. The van der Waals surface area contributed by atoms with Crippen molar-refractivity contribution in [2.24, 2.45) is 17.6 Å². The molecule has 0 aliphatic heterocycles. The zero-order valence-corrected chi connectivity index (χ0v) is 7.64. The number of nitrogens with two attached hydrogens (primary N) is 1. The fourth-order valence-corrected chi connectivity index (χ4v) is 2.27. The highest BCUT2D eigenvalue weighted by atomic mass is 14.8. The molecule has 0 heterocycles. The molecule has 1 rings (SSSR count). The van der Waals surface area contributed by atoms with Crippen molar-refractivity contribution in [3.8, 4) is 0 Å². The Morgan fingerprint density at radius 2 is 2.00 bits per heavy atom. The normalized spacial score (nSPS) is 37.9. The monoisotopic (exact) mass is 156 g/mol. The van der Waals surface area contributed by atoms with Crippen LogP contribution in [0.25, 0.3) is 0 Å². The van der Waals surface area contributed by atoms with E-state index in [-0.39, 0.29) is 0 Å². The van der Waals surface area contributed by atoms with Gasteiger partial charge in [0.2, 0.25) is 0 Å². The molecule has 0 radical (unpaired) electrons. The number of nitrogens with one attached hydrogen (secondary N) is 1. The molecule has 0 saturated heterocycles. The molecule has 3 atom stereocenters. The molecule has 1 aliphatic rings. The first kappa shape index (κ1) is 9.01. The Kier molecular flexibility index (Phi) is 3.34. The van der Waals surface area contributed by atoms with E-state index in [1.807, 2.05) is 7.05 Å². The Morgan fingerprint density at radius 3 is 2.55 bits per heavy atom. The third-order valence-electron chi connectivity index (χ3n) is 2.87. The van der Waals surface area contributed by atoms with Gasteiger partial charge in [-0.05, 0) is 38.3 Å². The van der Waals surface area contributed by atoms with Gasteiger partial charge in [-0.2, -0.15) is 0 Å². The van der Waals surface area contributed by atoms with Crippen LogP contribution in [0.3, 0.4) is 0 Å². The zero-order chi connectivity index (χ0) is 8.27. The van der Waals surface area contributed by atoms with Crippen LogP contribution in [0.15, 0.2) is 0 Å². The van der Waals surface area contributed by atoms with Gasteiger partial charge in [-0.25, -0.2) is 0 Å². The van der Waals surface area contributed by atoms with Crippen molar-refractivity contribution in [2.45, 2.75) is 32.2 Å². The van der Waals surface area contributed by atoms with Gasteiger partial charge < -0.3 is 11.1 Å². The summed E-state index contributed by atoms with van der Waals surface area (Å²) in [6.07, 6.45) is 3.75. The highest BCUT2D eigenvalue weighted by Gasteiger charge is 2.29. The predicted molar refractivity (Wildman–Crippen MR) is 48.4 cm³/mol. The van der Waals surface area contributed by atoms with Crippen molar-refractivity contribution in [1.29, 1.82) is 0 Å². The lowest BCUT2D eigenvalue weighted by Crippen LogP contribution is -2.22. The van der Waals surface area contributed by atoms with Gasteiger partial charge in [0, 0.05) is 6.04 Å². The van der Waals surface area contributed by atoms with Crippen molar-refractivity contribution in [2.75, 3.05) is 13.6 Å². The van der Waals surface area contributed by atoms with Crippen LogP contribution in [-0.4, -0.2) is 19.6 Å². The second kappa shape index (κ2) is 4.07. The second-order valence-electron chi connectivity index (χ2n) is 3.72. The average molecular weight is 156 g/mol. The van der Waals surface area contributed by atoms with E-state index in [0.717, 1.165) is 18.4 Å². The standard InChI is InChI=1S/C9H20N2/c1-3-7-4-9(10)5-8(7)6-11-2/h7-9,11H,3-6,10H2,1-2H3. The van der Waals surface area contributed by atoms with Crippen LogP contribution in [0.4, 0.5) is 0 Å². The van der Waals surface area contributed by atoms with E-state index < -0.39 is 0 Å². The molecular weight excluding hydrogens is 136 g/mol. The quantitative estimate of drug-likeness (QED) is 0.639. The van der Waals surface area contributed by atoms with E-state index in [1.54, 1.807) is 0 Å². The Hall–Kier alpha value is -0.0800. The minimum Gasteiger partial charge on any atom is -0.328 e. The molecule has 11 heavy (non-hydrogen) atoms. The minimum atomic E-state index is 0.471. The lowest BCUT2D eigenvalue weighted by atomic mass is 9.94. The molecule has 0 amide bonds. The third-order valence-corrected chi connectivity index (χ3v) is 2.87. The molecule has 0 bridgehead atoms. The summed E-state index contributed by atoms with van der Waals surface area (Å²) in [6.45, 7) is 3.41. The molecular formula is C9H20N2. The van der Waals surface area contributed by atoms with Gasteiger partial charge in [0.25, 0.3) is 0 Å². The smallest absolute Gasteiger partial charge is 0.00447 e. The van der Waals surface area contributed by atoms with Crippen molar-refractivity contribution in [3.05, 3.63) is 0 Å². The maximum Gasteiger partial charge on any atom is 0.00447 e. The number of hydrogen-bond donors (Lipinski definition) is 2. The summed E-state index contributed by atoms with van der Waals surface area (Å²) in [7, 11) is 2.02. The Balaban J connectivity index is 2.37. The third kappa shape index (κ3) is 2.17. The van der Waals surface area contributed by atoms with Crippen LogP contribution in [0.2, 0.25) is 0 Å². The zero-order valence-electron chi connectivity index (χ0n) is 7.64. The van der Waals surface area contributed by atoms with Crippen molar-refractivity contribution in [1.82, 2.24) is 5.32 Å². The molecule has 1 saturated carbocycles. The van der Waals surface area contributed by atoms with Gasteiger partial charge in [-0.1, -0.05) is 13.3 Å². The predicted octanol–water partition coefficient (Wildman–Crippen LogP) is 0.969. The highest BCUT2D eigenvalue weighted by molar-refractivity contribution is 4.85. The average Bonchev–Trinajstić information content (AvgIpc) is 2.32. The summed E-state index contributed by atoms with van der Waals surface area (Å²) in [5.74, 6) is 1.71. The van der Waals surface area contributed by atoms with Crippen LogP contribution in [0.5, 0.6) is 0 Å². The molecule has 1 fully saturated rings. The molecule has 2 heteroatoms. The van der Waals surface area contributed by atoms with Gasteiger partial charge in [0.05, 0.1) is 0 Å². The summed E-state index contributed by atoms with van der Waals surface area (Å²) in [5.41, 5.74) is 5.89. The lowest BCUT2D eigenvalue weighted by molar-refractivity contribution is 0.367. The molecule has 3 unspecified atom stereocenters. The Bertz CT molecular complexity index is 114. The van der Waals surface area contributed by atoms with Crippen LogP contribution in [0.1, 0.15) is 26.2 Å². The molecule has 66 valence electrons. The minimum absolute atomic E-state index is 0.471. The molecule has 3 N–H and O–H groups in total. The van der Waals surface area contributed by atoms with Crippen molar-refractivity contribution in [3.63, 3.8) is 0 Å². The second-order valence-corrected chi connectivity index (χ2v) is 3.72. The molecule has 0 aromatic heterocycles. The van der Waals surface area contributed by atoms with E-state index >= 15 is 0 Å². The van der Waals surface area contributed by atoms with Crippen LogP contribution >= 0.6 is 0 Å². The number of hydrogen-bond acceptors (Lipinski definition) is 2. The van der Waals surface area contributed by atoms with E-state index in [9.17, 15) is 0 Å². The summed E-state index contributed by atoms with van der Waals surface area (Å²) >= 11 is 0. The maximum atomic E-state index is 5.89. The van der Waals surface area contributed by atoms with Gasteiger partial charge in [0.15, 0.2) is 0 Å². The summed E-state index contributed by atoms with van der Waals surface area (Å²) in [6, 6.07) is 0.471. The van der Waals surface area contributed by atoms with E-state index in [0.29, 0.717) is 6.04 Å². The van der Waals surface area contributed by atoms with Gasteiger partial charge in [-0.3, -0.25) is 0 Å². The first-order valence-electron chi connectivity index (χ1n) is 4.68. The first-order valence-corrected chi connectivity index (χ1v) is 4.68. The van der Waals surface area contributed by atoms with Crippen LogP contribution < -0.4 is 11.1 Å². The Labute approximate surface area is 69.5 Å². The fraction of sp³-hybridized carbons (Fsp3) is 1.00. The summed E-state index contributed by atoms with van der Waals surface area (Å²) < 4.78 is 0. The van der Waals surface area contributed by atoms with Crippen LogP contribution in [0, 0.1) is 11.8 Å². The van der Waals surface area contributed by atoms with Gasteiger partial charge in [0.1, 0.15) is 0 Å². The highest BCUT2D eigenvalue weighted by Crippen LogP contribution is 2.32. The summed E-state index contributed by atoms with van der Waals surface area (Å²) in [5, 5.41) is 3.24. The largest absolute Gasteiger partial charge is 0.328 e. The summed E-state index contributed by atoms with van der Waals surface area (Å²) in [4.78, 5) is 0. The molecule has 0 spiro atoms. The van der Waals surface area contributed by atoms with Crippen molar-refractivity contribution >= 4 is 0 Å². The first-order chi connectivity index (χ1) is 5.27. The molecule has 2 nitrogen and oxygen atoms in total. The van der Waals surface area contributed by atoms with E-state index in [4.69, 9.17) is 5.73 Å². The topological polar surface area (TPSA) is 38.0 Å². The number of rotatable bonds is 3. The SMILES string of the molecule is CCC1CC(N)CC1CNC. The van der Waals surface area contributed by atoms with Gasteiger partial charge in [-0.15, -0.1) is 0 Å².